The summed E-state index contributed by atoms with van der Waals surface area (Å²) < 4.78 is 31.0. The number of anilines is 2. The molecule has 36 heavy (non-hydrogen) atoms. The Balaban J connectivity index is 1.26. The summed E-state index contributed by atoms with van der Waals surface area (Å²) in [4.78, 5) is 27.2. The van der Waals surface area contributed by atoms with E-state index in [9.17, 15) is 13.6 Å². The third kappa shape index (κ3) is 5.61. The molecular weight excluding hydrogens is 506 g/mol. The van der Waals surface area contributed by atoms with Gasteiger partial charge in [-0.1, -0.05) is 12.1 Å². The van der Waals surface area contributed by atoms with Crippen molar-refractivity contribution >= 4 is 51.4 Å². The Kier molecular flexibility index (Phi) is 7.35. The number of nitrogens with zero attached hydrogens (tertiary/aromatic N) is 3. The molecule has 0 radical (unpaired) electrons. The Labute approximate surface area is 214 Å². The number of alkyl halides is 2. The van der Waals surface area contributed by atoms with Gasteiger partial charge in [-0.05, 0) is 48.9 Å². The molecule has 1 aliphatic heterocycles. The second kappa shape index (κ2) is 10.8. The van der Waals surface area contributed by atoms with E-state index in [1.54, 1.807) is 17.5 Å². The van der Waals surface area contributed by atoms with Crippen molar-refractivity contribution < 1.29 is 18.3 Å². The molecule has 0 saturated carbocycles. The summed E-state index contributed by atoms with van der Waals surface area (Å²) in [5.74, 6) is -0.0898. The number of imidazole rings is 1. The maximum Gasteiger partial charge on any atom is 0.275 e. The zero-order valence-corrected chi connectivity index (χ0v) is 20.7. The predicted octanol–water partition coefficient (Wildman–Crippen LogP) is 4.99. The number of nitrogens with two attached hydrogens (primary N) is 1. The van der Waals surface area contributed by atoms with Crippen LogP contribution in [-0.2, 0) is 0 Å². The van der Waals surface area contributed by atoms with Crippen LogP contribution in [0.25, 0.3) is 11.0 Å². The molecule has 1 atom stereocenters. The number of piperidine rings is 1. The van der Waals surface area contributed by atoms with Crippen molar-refractivity contribution in [3.8, 4) is 5.75 Å². The van der Waals surface area contributed by atoms with E-state index in [4.69, 9.17) is 10.5 Å². The number of carbonyl (C=O) groups is 1. The number of ether oxygens (including phenoxy) is 1. The van der Waals surface area contributed by atoms with Crippen molar-refractivity contribution in [1.29, 1.82) is 0 Å². The van der Waals surface area contributed by atoms with Gasteiger partial charge < -0.3 is 25.7 Å². The highest BCUT2D eigenvalue weighted by Gasteiger charge is 2.20. The van der Waals surface area contributed by atoms with Crippen LogP contribution in [0.15, 0.2) is 57.3 Å². The SMILES string of the molecule is NC1CCN(c2ccccc2NC(=O)c2csc(Sc3nc4ccc(OC(F)CF)cc4[nH]3)n2)CC1. The fraction of sp³-hybridized carbons (Fsp3) is 0.292. The lowest BCUT2D eigenvalue weighted by atomic mass is 10.0. The summed E-state index contributed by atoms with van der Waals surface area (Å²) in [6.07, 6.45) is -0.179. The van der Waals surface area contributed by atoms with Crippen LogP contribution < -0.4 is 20.7 Å². The number of para-hydroxylation sites is 2. The lowest BCUT2D eigenvalue weighted by Gasteiger charge is -2.33. The first-order valence-electron chi connectivity index (χ1n) is 11.4. The fourth-order valence-corrected chi connectivity index (χ4v) is 5.65. The highest BCUT2D eigenvalue weighted by molar-refractivity contribution is 8.00. The summed E-state index contributed by atoms with van der Waals surface area (Å²) in [7, 11) is 0. The Morgan fingerprint density at radius 3 is 2.89 bits per heavy atom. The summed E-state index contributed by atoms with van der Waals surface area (Å²) in [6.45, 7) is 0.475. The first-order chi connectivity index (χ1) is 17.5. The van der Waals surface area contributed by atoms with E-state index < -0.39 is 13.0 Å². The molecule has 4 aromatic rings. The van der Waals surface area contributed by atoms with Gasteiger partial charge in [0.05, 0.1) is 22.4 Å². The maximum atomic E-state index is 13.2. The van der Waals surface area contributed by atoms with E-state index in [0.717, 1.165) is 37.3 Å². The molecule has 0 bridgehead atoms. The Morgan fingerprint density at radius 1 is 1.28 bits per heavy atom. The van der Waals surface area contributed by atoms with Crippen LogP contribution in [0.5, 0.6) is 5.75 Å². The Bertz CT molecular complexity index is 1360. The second-order valence-corrected chi connectivity index (χ2v) is 10.4. The number of hydrogen-bond donors (Lipinski definition) is 3. The van der Waals surface area contributed by atoms with Crippen molar-refractivity contribution in [2.75, 3.05) is 30.0 Å². The molecular formula is C24H24F2N6O2S2. The fourth-order valence-electron chi connectivity index (χ4n) is 3.94. The molecule has 4 N–H and O–H groups in total. The van der Waals surface area contributed by atoms with Gasteiger partial charge in [0.25, 0.3) is 12.3 Å². The average Bonchev–Trinajstić information content (AvgIpc) is 3.51. The third-order valence-electron chi connectivity index (χ3n) is 5.75. The molecule has 5 rings (SSSR count). The second-order valence-electron chi connectivity index (χ2n) is 8.30. The van der Waals surface area contributed by atoms with Crippen molar-refractivity contribution in [1.82, 2.24) is 15.0 Å². The zero-order chi connectivity index (χ0) is 25.1. The van der Waals surface area contributed by atoms with Crippen LogP contribution in [-0.4, -0.2) is 53.0 Å². The van der Waals surface area contributed by atoms with Crippen LogP contribution in [0.1, 0.15) is 23.3 Å². The van der Waals surface area contributed by atoms with E-state index >= 15 is 0 Å². The normalized spacial score (nSPS) is 15.2. The number of benzene rings is 2. The smallest absolute Gasteiger partial charge is 0.275 e. The van der Waals surface area contributed by atoms with Crippen LogP contribution in [0.2, 0.25) is 0 Å². The summed E-state index contributed by atoms with van der Waals surface area (Å²) >= 11 is 2.60. The minimum Gasteiger partial charge on any atom is -0.457 e. The van der Waals surface area contributed by atoms with Crippen molar-refractivity contribution in [3.63, 3.8) is 0 Å². The van der Waals surface area contributed by atoms with E-state index in [0.29, 0.717) is 26.2 Å². The molecule has 8 nitrogen and oxygen atoms in total. The number of thiazole rings is 1. The van der Waals surface area contributed by atoms with Crippen molar-refractivity contribution in [2.24, 2.45) is 5.73 Å². The monoisotopic (exact) mass is 530 g/mol. The van der Waals surface area contributed by atoms with Crippen LogP contribution in [0.3, 0.4) is 0 Å². The van der Waals surface area contributed by atoms with Crippen LogP contribution >= 0.6 is 23.1 Å². The molecule has 12 heteroatoms. The third-order valence-corrected chi connectivity index (χ3v) is 7.57. The maximum absolute atomic E-state index is 13.2. The van der Waals surface area contributed by atoms with Gasteiger partial charge in [0.15, 0.2) is 16.2 Å². The van der Waals surface area contributed by atoms with Gasteiger partial charge in [-0.2, -0.15) is 4.39 Å². The highest BCUT2D eigenvalue weighted by atomic mass is 32.2. The standard InChI is InChI=1S/C24H24F2N6O2S2/c25-12-21(26)34-15-5-6-16-18(11-15)30-23(29-16)36-24-31-19(13-35-24)22(33)28-17-3-1-2-4-20(17)32-9-7-14(27)8-10-32/h1-6,11,13-14,21H,7-10,12,27H2,(H,28,33)(H,29,30). The topological polar surface area (TPSA) is 109 Å². The highest BCUT2D eigenvalue weighted by Crippen LogP contribution is 2.32. The summed E-state index contributed by atoms with van der Waals surface area (Å²) in [5.41, 5.74) is 9.31. The minimum absolute atomic E-state index is 0.203. The average molecular weight is 531 g/mol. The van der Waals surface area contributed by atoms with E-state index in [-0.39, 0.29) is 17.7 Å². The minimum atomic E-state index is -2.01. The number of nitrogens with one attached hydrogen (secondary N) is 2. The molecule has 1 unspecified atom stereocenters. The zero-order valence-electron chi connectivity index (χ0n) is 19.1. The van der Waals surface area contributed by atoms with Gasteiger partial charge >= 0.3 is 0 Å². The molecule has 1 amide bonds. The molecule has 2 aromatic heterocycles. The van der Waals surface area contributed by atoms with E-state index in [1.165, 1.54) is 29.2 Å². The molecule has 0 spiro atoms. The number of aromatic nitrogens is 3. The van der Waals surface area contributed by atoms with Crippen molar-refractivity contribution in [3.05, 3.63) is 53.5 Å². The molecule has 0 aliphatic carbocycles. The quantitative estimate of drug-likeness (QED) is 0.294. The number of carbonyl (C=O) groups excluding carboxylic acids is 1. The van der Waals surface area contributed by atoms with Gasteiger partial charge in [0.1, 0.15) is 11.4 Å². The van der Waals surface area contributed by atoms with Gasteiger partial charge in [-0.25, -0.2) is 14.4 Å². The summed E-state index contributed by atoms with van der Waals surface area (Å²) in [6, 6.07) is 12.7. The van der Waals surface area contributed by atoms with Gasteiger partial charge in [-0.15, -0.1) is 11.3 Å². The molecule has 1 aliphatic rings. The van der Waals surface area contributed by atoms with E-state index in [2.05, 4.69) is 25.2 Å². The van der Waals surface area contributed by atoms with Gasteiger partial charge in [0.2, 0.25) is 0 Å². The number of halogens is 2. The Morgan fingerprint density at radius 2 is 2.08 bits per heavy atom. The molecule has 3 heterocycles. The number of amides is 1. The Hall–Kier alpha value is -3.22. The summed E-state index contributed by atoms with van der Waals surface area (Å²) in [5, 5.41) is 5.25. The first kappa shape index (κ1) is 24.5. The van der Waals surface area contributed by atoms with Gasteiger partial charge in [0, 0.05) is 30.6 Å². The predicted molar refractivity (Wildman–Crippen MR) is 138 cm³/mol. The largest absolute Gasteiger partial charge is 0.457 e. The number of hydrogen-bond acceptors (Lipinski definition) is 8. The lowest BCUT2D eigenvalue weighted by Crippen LogP contribution is -2.40. The molecule has 188 valence electrons. The number of H-pyrrole nitrogens is 1. The number of fused-ring (bicyclic) bond motifs is 1. The molecule has 2 aromatic carbocycles. The van der Waals surface area contributed by atoms with E-state index in [1.807, 2.05) is 24.3 Å². The molecule has 1 fully saturated rings. The van der Waals surface area contributed by atoms with Crippen LogP contribution in [0.4, 0.5) is 20.2 Å². The van der Waals surface area contributed by atoms with Crippen LogP contribution in [0, 0.1) is 0 Å². The first-order valence-corrected chi connectivity index (χ1v) is 13.1. The van der Waals surface area contributed by atoms with Gasteiger partial charge in [-0.3, -0.25) is 4.79 Å². The molecule has 1 saturated heterocycles. The lowest BCUT2D eigenvalue weighted by molar-refractivity contribution is 0.0436. The number of aromatic amines is 1. The number of rotatable bonds is 8. The van der Waals surface area contributed by atoms with Crippen molar-refractivity contribution in [2.45, 2.75) is 34.7 Å².